The predicted molar refractivity (Wildman–Crippen MR) is 83.7 cm³/mol. The number of fused-ring (bicyclic) bond motifs is 4. The summed E-state index contributed by atoms with van der Waals surface area (Å²) >= 11 is 0. The van der Waals surface area contributed by atoms with Crippen molar-refractivity contribution in [1.29, 1.82) is 0 Å². The number of hydrogen-bond acceptors (Lipinski definition) is 4. The van der Waals surface area contributed by atoms with Gasteiger partial charge >= 0.3 is 6.18 Å². The van der Waals surface area contributed by atoms with Gasteiger partial charge in [0.15, 0.2) is 11.6 Å². The van der Waals surface area contributed by atoms with Crippen molar-refractivity contribution in [2.75, 3.05) is 31.1 Å². The van der Waals surface area contributed by atoms with E-state index in [0.29, 0.717) is 17.4 Å². The van der Waals surface area contributed by atoms with Crippen LogP contribution < -0.4 is 4.90 Å². The molecule has 0 saturated carbocycles. The average molecular weight is 337 g/mol. The van der Waals surface area contributed by atoms with Gasteiger partial charge in [0, 0.05) is 43.9 Å². The average Bonchev–Trinajstić information content (AvgIpc) is 2.87. The number of nitrogens with zero attached hydrogens (tertiary/aromatic N) is 3. The highest BCUT2D eigenvalue weighted by atomic mass is 19.4. The second-order valence-electron chi connectivity index (χ2n) is 6.39. The maximum absolute atomic E-state index is 12.9. The molecule has 0 radical (unpaired) electrons. The third-order valence-corrected chi connectivity index (χ3v) is 4.92. The Morgan fingerprint density at radius 1 is 1.04 bits per heavy atom. The molecule has 1 aromatic heterocycles. The monoisotopic (exact) mass is 337 g/mol. The number of rotatable bonds is 2. The van der Waals surface area contributed by atoms with Gasteiger partial charge in [0.25, 0.3) is 0 Å². The molecule has 128 valence electrons. The Kier molecular flexibility index (Phi) is 3.75. The van der Waals surface area contributed by atoms with Gasteiger partial charge in [0.05, 0.1) is 5.56 Å². The quantitative estimate of drug-likeness (QED) is 0.837. The van der Waals surface area contributed by atoms with Gasteiger partial charge in [-0.2, -0.15) is 13.2 Å². The second-order valence-corrected chi connectivity index (χ2v) is 6.39. The molecule has 3 aliphatic heterocycles. The first-order valence-electron chi connectivity index (χ1n) is 8.14. The first-order valence-corrected chi connectivity index (χ1v) is 8.14. The van der Waals surface area contributed by atoms with Crippen molar-refractivity contribution in [3.8, 4) is 11.3 Å². The molecule has 0 unspecified atom stereocenters. The lowest BCUT2D eigenvalue weighted by Crippen LogP contribution is -2.38. The molecule has 2 aromatic rings. The Bertz CT molecular complexity index is 720. The zero-order chi connectivity index (χ0) is 16.7. The minimum atomic E-state index is -4.36. The molecule has 0 N–H and O–H groups in total. The molecule has 5 rings (SSSR count). The highest BCUT2D eigenvalue weighted by Gasteiger charge is 2.32. The number of benzene rings is 1. The van der Waals surface area contributed by atoms with Crippen molar-refractivity contribution in [3.63, 3.8) is 0 Å². The number of piperidine rings is 1. The minimum absolute atomic E-state index is 0.371. The number of hydrogen-bond donors (Lipinski definition) is 0. The fourth-order valence-electron chi connectivity index (χ4n) is 3.57. The third kappa shape index (κ3) is 2.88. The molecule has 3 saturated heterocycles. The van der Waals surface area contributed by atoms with Gasteiger partial charge in [-0.25, -0.2) is 0 Å². The van der Waals surface area contributed by atoms with Crippen LogP contribution in [0.3, 0.4) is 0 Å². The summed E-state index contributed by atoms with van der Waals surface area (Å²) in [5.41, 5.74) is -0.286. The van der Waals surface area contributed by atoms with Crippen LogP contribution in [0.1, 0.15) is 18.4 Å². The van der Waals surface area contributed by atoms with Crippen LogP contribution in [0.25, 0.3) is 11.3 Å². The standard InChI is InChI=1S/C17H18F3N3O/c18-17(19,20)13-3-1-2-12(10-13)15-11-16(21-24-15)23-9-8-22-6-4-14(23)5-7-22/h1-3,10-11,14H,4-9H2. The van der Waals surface area contributed by atoms with Crippen molar-refractivity contribution >= 4 is 5.82 Å². The van der Waals surface area contributed by atoms with E-state index in [1.807, 2.05) is 0 Å². The van der Waals surface area contributed by atoms with E-state index in [0.717, 1.165) is 57.0 Å². The summed E-state index contributed by atoms with van der Waals surface area (Å²) in [6.45, 7) is 4.06. The number of anilines is 1. The SMILES string of the molecule is FC(F)(F)c1cccc(-c2cc(N3CCN4CCC3CC4)no2)c1. The van der Waals surface area contributed by atoms with Crippen LogP contribution in [-0.2, 0) is 6.18 Å². The van der Waals surface area contributed by atoms with Crippen LogP contribution in [-0.4, -0.2) is 42.3 Å². The predicted octanol–water partition coefficient (Wildman–Crippen LogP) is 3.64. The zero-order valence-corrected chi connectivity index (χ0v) is 13.1. The van der Waals surface area contributed by atoms with Crippen molar-refractivity contribution in [1.82, 2.24) is 10.1 Å². The van der Waals surface area contributed by atoms with Crippen LogP contribution in [0.15, 0.2) is 34.9 Å². The van der Waals surface area contributed by atoms with Gasteiger partial charge in [-0.1, -0.05) is 17.3 Å². The van der Waals surface area contributed by atoms with E-state index in [4.69, 9.17) is 4.52 Å². The molecular formula is C17H18F3N3O. The van der Waals surface area contributed by atoms with Crippen molar-refractivity contribution in [2.45, 2.75) is 25.1 Å². The largest absolute Gasteiger partial charge is 0.416 e. The second kappa shape index (κ2) is 5.81. The fraction of sp³-hybridized carbons (Fsp3) is 0.471. The van der Waals surface area contributed by atoms with Gasteiger partial charge < -0.3 is 14.3 Å². The Hall–Kier alpha value is -2.02. The number of halogens is 3. The normalized spacial score (nSPS) is 24.2. The summed E-state index contributed by atoms with van der Waals surface area (Å²) in [6.07, 6.45) is -2.19. The summed E-state index contributed by atoms with van der Waals surface area (Å²) in [5, 5.41) is 4.12. The molecule has 4 nitrogen and oxygen atoms in total. The van der Waals surface area contributed by atoms with Crippen molar-refractivity contribution < 1.29 is 17.7 Å². The molecule has 0 atom stereocenters. The van der Waals surface area contributed by atoms with E-state index in [2.05, 4.69) is 15.0 Å². The van der Waals surface area contributed by atoms with E-state index >= 15 is 0 Å². The lowest BCUT2D eigenvalue weighted by Gasteiger charge is -2.30. The number of aromatic nitrogens is 1. The van der Waals surface area contributed by atoms with Gasteiger partial charge in [-0.05, 0) is 25.0 Å². The van der Waals surface area contributed by atoms with Crippen LogP contribution in [0.2, 0.25) is 0 Å². The number of alkyl halides is 3. The zero-order valence-electron chi connectivity index (χ0n) is 13.1. The highest BCUT2D eigenvalue weighted by molar-refractivity contribution is 5.62. The molecule has 4 heterocycles. The maximum atomic E-state index is 12.9. The Morgan fingerprint density at radius 3 is 2.58 bits per heavy atom. The first-order chi connectivity index (χ1) is 11.5. The van der Waals surface area contributed by atoms with E-state index in [1.165, 1.54) is 6.07 Å². The smallest absolute Gasteiger partial charge is 0.354 e. The third-order valence-electron chi connectivity index (χ3n) is 4.92. The van der Waals surface area contributed by atoms with Gasteiger partial charge in [-0.15, -0.1) is 0 Å². The summed E-state index contributed by atoms with van der Waals surface area (Å²) < 4.78 is 43.9. The lowest BCUT2D eigenvalue weighted by atomic mass is 10.1. The van der Waals surface area contributed by atoms with Crippen LogP contribution >= 0.6 is 0 Å². The molecule has 1 aromatic carbocycles. The Balaban J connectivity index is 1.61. The van der Waals surface area contributed by atoms with Gasteiger partial charge in [0.2, 0.25) is 0 Å². The summed E-state index contributed by atoms with van der Waals surface area (Å²) in [5.74, 6) is 1.09. The molecule has 7 heteroatoms. The first kappa shape index (κ1) is 15.5. The molecule has 0 amide bonds. The van der Waals surface area contributed by atoms with Gasteiger partial charge in [0.1, 0.15) is 0 Å². The lowest BCUT2D eigenvalue weighted by molar-refractivity contribution is -0.137. The Labute approximate surface area is 137 Å². The fourth-order valence-corrected chi connectivity index (χ4v) is 3.57. The van der Waals surface area contributed by atoms with E-state index < -0.39 is 11.7 Å². The van der Waals surface area contributed by atoms with E-state index in [1.54, 1.807) is 12.1 Å². The van der Waals surface area contributed by atoms with Crippen molar-refractivity contribution in [2.24, 2.45) is 0 Å². The molecular weight excluding hydrogens is 319 g/mol. The van der Waals surface area contributed by atoms with Gasteiger partial charge in [-0.3, -0.25) is 0 Å². The molecule has 0 spiro atoms. The molecule has 3 aliphatic rings. The van der Waals surface area contributed by atoms with E-state index in [9.17, 15) is 13.2 Å². The summed E-state index contributed by atoms with van der Waals surface area (Å²) in [6, 6.07) is 7.35. The highest BCUT2D eigenvalue weighted by Crippen LogP contribution is 2.34. The summed E-state index contributed by atoms with van der Waals surface area (Å²) in [7, 11) is 0. The van der Waals surface area contributed by atoms with Crippen LogP contribution in [0.4, 0.5) is 19.0 Å². The maximum Gasteiger partial charge on any atom is 0.416 e. The molecule has 24 heavy (non-hydrogen) atoms. The van der Waals surface area contributed by atoms with Crippen molar-refractivity contribution in [3.05, 3.63) is 35.9 Å². The van der Waals surface area contributed by atoms with Crippen LogP contribution in [0, 0.1) is 0 Å². The molecule has 3 fully saturated rings. The Morgan fingerprint density at radius 2 is 1.83 bits per heavy atom. The minimum Gasteiger partial charge on any atom is -0.354 e. The van der Waals surface area contributed by atoms with Crippen LogP contribution in [0.5, 0.6) is 0 Å². The molecule has 0 aliphatic carbocycles. The van der Waals surface area contributed by atoms with E-state index in [-0.39, 0.29) is 0 Å². The topological polar surface area (TPSA) is 32.5 Å². The molecule has 2 bridgehead atoms. The summed E-state index contributed by atoms with van der Waals surface area (Å²) in [4.78, 5) is 4.66.